The van der Waals surface area contributed by atoms with E-state index in [0.29, 0.717) is 17.9 Å². The van der Waals surface area contributed by atoms with Crippen molar-refractivity contribution in [3.05, 3.63) is 70.6 Å². The van der Waals surface area contributed by atoms with Gasteiger partial charge in [0.25, 0.3) is 5.91 Å². The number of hydrogen-bond donors (Lipinski definition) is 0. The van der Waals surface area contributed by atoms with Crippen molar-refractivity contribution in [2.24, 2.45) is 0 Å². The van der Waals surface area contributed by atoms with Gasteiger partial charge in [0.05, 0.1) is 7.11 Å². The lowest BCUT2D eigenvalue weighted by molar-refractivity contribution is -0.154. The van der Waals surface area contributed by atoms with Gasteiger partial charge >= 0.3 is 11.6 Å². The molecule has 1 aliphatic rings. The van der Waals surface area contributed by atoms with Crippen LogP contribution in [0.5, 0.6) is 11.5 Å². The molecular weight excluding hydrogens is 414 g/mol. The molecule has 1 aromatic heterocycles. The summed E-state index contributed by atoms with van der Waals surface area (Å²) in [6.07, 6.45) is 1.88. The number of esters is 1. The summed E-state index contributed by atoms with van der Waals surface area (Å²) in [6, 6.07) is 15.6. The van der Waals surface area contributed by atoms with Crippen LogP contribution in [0.1, 0.15) is 18.4 Å². The highest BCUT2D eigenvalue weighted by Gasteiger charge is 2.33. The number of carbonyl (C=O) groups is 2. The predicted molar refractivity (Wildman–Crippen MR) is 116 cm³/mol. The Balaban J connectivity index is 1.28. The molecule has 1 heterocycles. The summed E-state index contributed by atoms with van der Waals surface area (Å²) in [5.74, 6) is 0.201. The molecule has 2 aromatic carbocycles. The summed E-state index contributed by atoms with van der Waals surface area (Å²) in [4.78, 5) is 37.8. The van der Waals surface area contributed by atoms with Crippen LogP contribution in [-0.4, -0.2) is 43.1 Å². The van der Waals surface area contributed by atoms with Crippen LogP contribution in [0, 0.1) is 0 Å². The molecule has 1 saturated carbocycles. The molecule has 4 rings (SSSR count). The fraction of sp³-hybridized carbons (Fsp3) is 0.292. The van der Waals surface area contributed by atoms with E-state index in [2.05, 4.69) is 0 Å². The SMILES string of the molecule is COc1ccc(CN(C(=O)COC(=O)COc2ccc3ccc(=O)oc3c2)C2CC2)cc1. The van der Waals surface area contributed by atoms with E-state index in [9.17, 15) is 14.4 Å². The number of hydrogen-bond acceptors (Lipinski definition) is 7. The van der Waals surface area contributed by atoms with Crippen LogP contribution >= 0.6 is 0 Å². The smallest absolute Gasteiger partial charge is 0.344 e. The van der Waals surface area contributed by atoms with Crippen LogP contribution in [-0.2, 0) is 20.9 Å². The molecule has 0 radical (unpaired) electrons. The molecule has 1 aliphatic carbocycles. The monoisotopic (exact) mass is 437 g/mol. The summed E-state index contributed by atoms with van der Waals surface area (Å²) < 4.78 is 20.8. The number of nitrogens with zero attached hydrogens (tertiary/aromatic N) is 1. The fourth-order valence-corrected chi connectivity index (χ4v) is 3.27. The van der Waals surface area contributed by atoms with Crippen molar-refractivity contribution in [2.45, 2.75) is 25.4 Å². The van der Waals surface area contributed by atoms with E-state index in [4.69, 9.17) is 18.6 Å². The molecule has 0 N–H and O–H groups in total. The Morgan fingerprint density at radius 3 is 2.44 bits per heavy atom. The van der Waals surface area contributed by atoms with Gasteiger partial charge < -0.3 is 23.5 Å². The summed E-state index contributed by atoms with van der Waals surface area (Å²) in [5.41, 5.74) is 0.864. The van der Waals surface area contributed by atoms with Crippen molar-refractivity contribution in [1.82, 2.24) is 4.90 Å². The highest BCUT2D eigenvalue weighted by atomic mass is 16.6. The van der Waals surface area contributed by atoms with Crippen LogP contribution < -0.4 is 15.1 Å². The molecule has 0 unspecified atom stereocenters. The van der Waals surface area contributed by atoms with Gasteiger partial charge in [0.2, 0.25) is 0 Å². The van der Waals surface area contributed by atoms with Crippen LogP contribution in [0.4, 0.5) is 0 Å². The van der Waals surface area contributed by atoms with E-state index in [1.165, 1.54) is 12.1 Å². The van der Waals surface area contributed by atoms with Gasteiger partial charge in [-0.3, -0.25) is 4.79 Å². The van der Waals surface area contributed by atoms with Gasteiger partial charge in [0.15, 0.2) is 13.2 Å². The standard InChI is InChI=1S/C24H23NO7/c1-29-19-8-2-16(3-9-19)13-25(18-6-7-18)22(26)14-31-24(28)15-30-20-10-4-17-5-11-23(27)32-21(17)12-20/h2-5,8-12,18H,6-7,13-15H2,1H3. The Morgan fingerprint density at radius 2 is 1.72 bits per heavy atom. The lowest BCUT2D eigenvalue weighted by Crippen LogP contribution is -2.36. The van der Waals surface area contributed by atoms with Crippen molar-refractivity contribution in [2.75, 3.05) is 20.3 Å². The van der Waals surface area contributed by atoms with Crippen LogP contribution in [0.25, 0.3) is 11.0 Å². The predicted octanol–water partition coefficient (Wildman–Crippen LogP) is 2.91. The highest BCUT2D eigenvalue weighted by Crippen LogP contribution is 2.29. The summed E-state index contributed by atoms with van der Waals surface area (Å²) in [5, 5.41) is 0.738. The van der Waals surface area contributed by atoms with Gasteiger partial charge in [0, 0.05) is 30.1 Å². The van der Waals surface area contributed by atoms with E-state index >= 15 is 0 Å². The first-order chi connectivity index (χ1) is 15.5. The minimum Gasteiger partial charge on any atom is -0.497 e. The second kappa shape index (κ2) is 9.55. The fourth-order valence-electron chi connectivity index (χ4n) is 3.27. The highest BCUT2D eigenvalue weighted by molar-refractivity contribution is 5.82. The van der Waals surface area contributed by atoms with Crippen LogP contribution in [0.3, 0.4) is 0 Å². The third-order valence-corrected chi connectivity index (χ3v) is 5.13. The van der Waals surface area contributed by atoms with Crippen molar-refractivity contribution in [3.63, 3.8) is 0 Å². The third-order valence-electron chi connectivity index (χ3n) is 5.13. The zero-order chi connectivity index (χ0) is 22.5. The molecule has 0 bridgehead atoms. The molecular formula is C24H23NO7. The van der Waals surface area contributed by atoms with Crippen molar-refractivity contribution < 1.29 is 28.2 Å². The number of rotatable bonds is 9. The lowest BCUT2D eigenvalue weighted by atomic mass is 10.2. The second-order valence-electron chi connectivity index (χ2n) is 7.50. The Kier molecular flexibility index (Phi) is 6.39. The largest absolute Gasteiger partial charge is 0.497 e. The lowest BCUT2D eigenvalue weighted by Gasteiger charge is -2.22. The number of benzene rings is 2. The number of fused-ring (bicyclic) bond motifs is 1. The Bertz CT molecular complexity index is 1160. The molecule has 1 fully saturated rings. The summed E-state index contributed by atoms with van der Waals surface area (Å²) in [7, 11) is 1.60. The Morgan fingerprint density at radius 1 is 1.00 bits per heavy atom. The minimum atomic E-state index is -0.659. The average molecular weight is 437 g/mol. The van der Waals surface area contributed by atoms with Gasteiger partial charge in [-0.25, -0.2) is 9.59 Å². The maximum atomic E-state index is 12.7. The minimum absolute atomic E-state index is 0.173. The van der Waals surface area contributed by atoms with Crippen molar-refractivity contribution >= 4 is 22.8 Å². The van der Waals surface area contributed by atoms with E-state index in [1.54, 1.807) is 30.2 Å². The topological polar surface area (TPSA) is 95.3 Å². The molecule has 0 atom stereocenters. The van der Waals surface area contributed by atoms with E-state index in [1.807, 2.05) is 24.3 Å². The number of ether oxygens (including phenoxy) is 3. The zero-order valence-corrected chi connectivity index (χ0v) is 17.6. The van der Waals surface area contributed by atoms with Gasteiger partial charge in [-0.2, -0.15) is 0 Å². The van der Waals surface area contributed by atoms with Crippen LogP contribution in [0.15, 0.2) is 63.8 Å². The number of carbonyl (C=O) groups excluding carboxylic acids is 2. The summed E-state index contributed by atoms with van der Waals surface area (Å²) >= 11 is 0. The first kappa shape index (κ1) is 21.4. The van der Waals surface area contributed by atoms with E-state index < -0.39 is 11.6 Å². The molecule has 8 heteroatoms. The van der Waals surface area contributed by atoms with Gasteiger partial charge in [-0.1, -0.05) is 12.1 Å². The number of amides is 1. The zero-order valence-electron chi connectivity index (χ0n) is 17.6. The maximum absolute atomic E-state index is 12.7. The first-order valence-electron chi connectivity index (χ1n) is 10.3. The first-order valence-corrected chi connectivity index (χ1v) is 10.3. The molecule has 1 amide bonds. The molecule has 0 spiro atoms. The van der Waals surface area contributed by atoms with E-state index in [-0.39, 0.29) is 25.2 Å². The normalized spacial score (nSPS) is 12.9. The Hall–Kier alpha value is -3.81. The van der Waals surface area contributed by atoms with E-state index in [0.717, 1.165) is 29.5 Å². The van der Waals surface area contributed by atoms with Crippen molar-refractivity contribution in [3.8, 4) is 11.5 Å². The third kappa shape index (κ3) is 5.46. The second-order valence-corrected chi connectivity index (χ2v) is 7.50. The van der Waals surface area contributed by atoms with Crippen molar-refractivity contribution in [1.29, 1.82) is 0 Å². The van der Waals surface area contributed by atoms with Gasteiger partial charge in [-0.05, 0) is 48.7 Å². The molecule has 0 aliphatic heterocycles. The molecule has 0 saturated heterocycles. The molecule has 8 nitrogen and oxygen atoms in total. The van der Waals surface area contributed by atoms with Gasteiger partial charge in [0.1, 0.15) is 17.1 Å². The van der Waals surface area contributed by atoms with Crippen LogP contribution in [0.2, 0.25) is 0 Å². The average Bonchev–Trinajstić information content (AvgIpc) is 3.65. The molecule has 32 heavy (non-hydrogen) atoms. The number of methoxy groups -OCH3 is 1. The van der Waals surface area contributed by atoms with Gasteiger partial charge in [-0.15, -0.1) is 0 Å². The molecule has 3 aromatic rings. The maximum Gasteiger partial charge on any atom is 0.344 e. The summed E-state index contributed by atoms with van der Waals surface area (Å²) in [6.45, 7) is -0.261. The quantitative estimate of drug-likeness (QED) is 0.375. The molecule has 166 valence electrons. The Labute approximate surface area is 184 Å².